The molecule has 1 atom stereocenters. The fourth-order valence-corrected chi connectivity index (χ4v) is 5.69. The van der Waals surface area contributed by atoms with Gasteiger partial charge in [0, 0.05) is 24.2 Å². The minimum atomic E-state index is -0.789. The van der Waals surface area contributed by atoms with E-state index in [9.17, 15) is 9.59 Å². The maximum atomic E-state index is 14.0. The van der Waals surface area contributed by atoms with E-state index in [1.54, 1.807) is 18.2 Å². The number of methoxy groups -OCH3 is 1. The molecule has 190 valence electrons. The lowest BCUT2D eigenvalue weighted by molar-refractivity contribution is -0.127. The Hall–Kier alpha value is -3.71. The summed E-state index contributed by atoms with van der Waals surface area (Å²) in [6.07, 6.45) is 7.12. The third-order valence-corrected chi connectivity index (χ3v) is 7.82. The summed E-state index contributed by atoms with van der Waals surface area (Å²) < 4.78 is 5.31. The lowest BCUT2D eigenvalue weighted by Crippen LogP contribution is -2.46. The molecule has 4 aromatic rings. The lowest BCUT2D eigenvalue weighted by atomic mass is 9.94. The Labute approximate surface area is 221 Å². The van der Waals surface area contributed by atoms with Gasteiger partial charge in [0.25, 0.3) is 5.91 Å². The Balaban J connectivity index is 1.56. The molecule has 0 aliphatic heterocycles. The molecule has 7 heteroatoms. The number of ether oxygens (including phenoxy) is 1. The lowest BCUT2D eigenvalue weighted by Gasteiger charge is -2.33. The van der Waals surface area contributed by atoms with Crippen LogP contribution in [0.3, 0.4) is 0 Å². The van der Waals surface area contributed by atoms with E-state index in [1.165, 1.54) is 17.8 Å². The Bertz CT molecular complexity index is 1350. The third kappa shape index (κ3) is 5.83. The van der Waals surface area contributed by atoms with Crippen molar-refractivity contribution in [2.24, 2.45) is 0 Å². The van der Waals surface area contributed by atoms with E-state index in [4.69, 9.17) is 4.74 Å². The molecule has 1 saturated carbocycles. The zero-order valence-corrected chi connectivity index (χ0v) is 21.7. The summed E-state index contributed by atoms with van der Waals surface area (Å²) in [6, 6.07) is 20.3. The number of hydrogen-bond acceptors (Lipinski definition) is 5. The van der Waals surface area contributed by atoms with Gasteiger partial charge in [0.2, 0.25) is 5.91 Å². The van der Waals surface area contributed by atoms with Gasteiger partial charge in [-0.1, -0.05) is 49.6 Å². The molecule has 1 aliphatic carbocycles. The van der Waals surface area contributed by atoms with Gasteiger partial charge in [0.05, 0.1) is 17.5 Å². The molecule has 1 fully saturated rings. The van der Waals surface area contributed by atoms with Crippen LogP contribution in [0.25, 0.3) is 10.9 Å². The molecule has 37 heavy (non-hydrogen) atoms. The number of aromatic nitrogens is 1. The second-order valence-corrected chi connectivity index (χ2v) is 10.4. The maximum absolute atomic E-state index is 14.0. The SMILES string of the molecule is COc1ccc(CN(C(=O)c2cccs2)[C@@H](C(=O)NC2CCCCC2)c2ccc3ncccc3c2)cc1. The van der Waals surface area contributed by atoms with E-state index < -0.39 is 6.04 Å². The molecule has 6 nitrogen and oxygen atoms in total. The van der Waals surface area contributed by atoms with E-state index in [-0.39, 0.29) is 24.4 Å². The monoisotopic (exact) mass is 513 g/mol. The number of fused-ring (bicyclic) bond motifs is 1. The molecule has 5 rings (SSSR count). The Kier molecular flexibility index (Phi) is 7.80. The van der Waals surface area contributed by atoms with Crippen molar-refractivity contribution >= 4 is 34.1 Å². The number of pyridine rings is 1. The second-order valence-electron chi connectivity index (χ2n) is 9.46. The van der Waals surface area contributed by atoms with Crippen molar-refractivity contribution in [3.05, 3.63) is 94.3 Å². The summed E-state index contributed by atoms with van der Waals surface area (Å²) in [5, 5.41) is 6.11. The molecule has 0 unspecified atom stereocenters. The summed E-state index contributed by atoms with van der Waals surface area (Å²) in [6.45, 7) is 0.286. The van der Waals surface area contributed by atoms with Crippen LogP contribution in [-0.2, 0) is 11.3 Å². The van der Waals surface area contributed by atoms with Crippen molar-refractivity contribution in [3.8, 4) is 5.75 Å². The minimum absolute atomic E-state index is 0.130. The predicted molar refractivity (Wildman–Crippen MR) is 147 cm³/mol. The average Bonchev–Trinajstić information content (AvgIpc) is 3.48. The molecule has 2 amide bonds. The normalized spacial score (nSPS) is 14.7. The van der Waals surface area contributed by atoms with Crippen LogP contribution in [0.1, 0.15) is 58.9 Å². The number of nitrogens with one attached hydrogen (secondary N) is 1. The molecule has 2 aromatic carbocycles. The Morgan fingerprint density at radius 3 is 2.59 bits per heavy atom. The number of carbonyl (C=O) groups excluding carboxylic acids is 2. The van der Waals surface area contributed by atoms with Crippen LogP contribution in [0.5, 0.6) is 5.75 Å². The first-order valence-electron chi connectivity index (χ1n) is 12.7. The average molecular weight is 514 g/mol. The van der Waals surface area contributed by atoms with Gasteiger partial charge in [-0.15, -0.1) is 11.3 Å². The molecule has 2 aromatic heterocycles. The first-order chi connectivity index (χ1) is 18.1. The summed E-state index contributed by atoms with van der Waals surface area (Å²) in [4.78, 5) is 34.7. The van der Waals surface area contributed by atoms with Crippen LogP contribution in [0.2, 0.25) is 0 Å². The Morgan fingerprint density at radius 1 is 1.05 bits per heavy atom. The van der Waals surface area contributed by atoms with Crippen molar-refractivity contribution in [3.63, 3.8) is 0 Å². The summed E-state index contributed by atoms with van der Waals surface area (Å²) >= 11 is 1.39. The van der Waals surface area contributed by atoms with Crippen LogP contribution in [0, 0.1) is 0 Å². The largest absolute Gasteiger partial charge is 0.497 e. The van der Waals surface area contributed by atoms with E-state index in [2.05, 4.69) is 10.3 Å². The zero-order valence-electron chi connectivity index (χ0n) is 20.9. The third-order valence-electron chi connectivity index (χ3n) is 6.96. The molecule has 2 heterocycles. The van der Waals surface area contributed by atoms with E-state index >= 15 is 0 Å². The number of hydrogen-bond donors (Lipinski definition) is 1. The molecule has 0 bridgehead atoms. The fraction of sp³-hybridized carbons (Fsp3) is 0.300. The predicted octanol–water partition coefficient (Wildman–Crippen LogP) is 6.14. The van der Waals surface area contributed by atoms with E-state index in [0.29, 0.717) is 4.88 Å². The molecule has 0 spiro atoms. The molecule has 1 N–H and O–H groups in total. The van der Waals surface area contributed by atoms with Crippen LogP contribution < -0.4 is 10.1 Å². The highest BCUT2D eigenvalue weighted by Crippen LogP contribution is 2.30. The van der Waals surface area contributed by atoms with E-state index in [1.807, 2.05) is 72.1 Å². The van der Waals surface area contributed by atoms with Crippen molar-refractivity contribution in [1.29, 1.82) is 0 Å². The van der Waals surface area contributed by atoms with E-state index in [0.717, 1.165) is 53.5 Å². The van der Waals surface area contributed by atoms with Gasteiger partial charge >= 0.3 is 0 Å². The molecule has 1 aliphatic rings. The second kappa shape index (κ2) is 11.6. The molecular formula is C30H31N3O3S. The Morgan fingerprint density at radius 2 is 1.86 bits per heavy atom. The van der Waals surface area contributed by atoms with Gasteiger partial charge in [-0.2, -0.15) is 0 Å². The van der Waals surface area contributed by atoms with Gasteiger partial charge in [0.15, 0.2) is 0 Å². The summed E-state index contributed by atoms with van der Waals surface area (Å²) in [5.74, 6) is 0.433. The number of rotatable bonds is 8. The highest BCUT2D eigenvalue weighted by atomic mass is 32.1. The number of carbonyl (C=O) groups is 2. The number of amides is 2. The number of benzene rings is 2. The summed E-state index contributed by atoms with van der Waals surface area (Å²) in [5.41, 5.74) is 2.54. The zero-order chi connectivity index (χ0) is 25.6. The molecule has 0 radical (unpaired) electrons. The minimum Gasteiger partial charge on any atom is -0.497 e. The van der Waals surface area contributed by atoms with Crippen LogP contribution in [0.4, 0.5) is 0 Å². The number of nitrogens with zero attached hydrogens (tertiary/aromatic N) is 2. The standard InChI is InChI=1S/C30H31N3O3S/c1-36-25-14-11-21(12-15-25)20-33(30(35)27-10-6-18-37-27)28(29(34)32-24-8-3-2-4-9-24)23-13-16-26-22(19-23)7-5-17-31-26/h5-7,10-19,24,28H,2-4,8-9,20H2,1H3,(H,32,34)/t28-/m1/s1. The first kappa shape index (κ1) is 25.0. The number of thiophene rings is 1. The van der Waals surface area contributed by atoms with Crippen molar-refractivity contribution in [1.82, 2.24) is 15.2 Å². The fourth-order valence-electron chi connectivity index (χ4n) is 5.01. The first-order valence-corrected chi connectivity index (χ1v) is 13.6. The van der Waals surface area contributed by atoms with Crippen LogP contribution in [0.15, 0.2) is 78.3 Å². The molecular weight excluding hydrogens is 482 g/mol. The van der Waals surface area contributed by atoms with Crippen LogP contribution >= 0.6 is 11.3 Å². The van der Waals surface area contributed by atoms with Crippen molar-refractivity contribution in [2.45, 2.75) is 50.7 Å². The van der Waals surface area contributed by atoms with Gasteiger partial charge < -0.3 is 15.0 Å². The van der Waals surface area contributed by atoms with Gasteiger partial charge in [-0.25, -0.2) is 0 Å². The smallest absolute Gasteiger partial charge is 0.265 e. The van der Waals surface area contributed by atoms with Gasteiger partial charge in [0.1, 0.15) is 11.8 Å². The highest BCUT2D eigenvalue weighted by molar-refractivity contribution is 7.12. The topological polar surface area (TPSA) is 71.5 Å². The van der Waals surface area contributed by atoms with Crippen LogP contribution in [-0.4, -0.2) is 34.8 Å². The van der Waals surface area contributed by atoms with Gasteiger partial charge in [-0.3, -0.25) is 14.6 Å². The maximum Gasteiger partial charge on any atom is 0.265 e. The van der Waals surface area contributed by atoms with Gasteiger partial charge in [-0.05, 0) is 65.7 Å². The highest BCUT2D eigenvalue weighted by Gasteiger charge is 2.34. The quantitative estimate of drug-likeness (QED) is 0.307. The van der Waals surface area contributed by atoms with Crippen molar-refractivity contribution < 1.29 is 14.3 Å². The molecule has 0 saturated heterocycles. The van der Waals surface area contributed by atoms with Crippen molar-refractivity contribution in [2.75, 3.05) is 7.11 Å². The summed E-state index contributed by atoms with van der Waals surface area (Å²) in [7, 11) is 1.63.